The molecule has 3 saturated heterocycles. The number of amides is 3. The number of Topliss-reactive ketones (excluding diaryl/α,β-unsaturated/α-hetero) is 1. The molecule has 3 aromatic rings. The van der Waals surface area contributed by atoms with E-state index in [0.717, 1.165) is 23.6 Å². The first-order valence-electron chi connectivity index (χ1n) is 14.7. The van der Waals surface area contributed by atoms with Crippen molar-refractivity contribution in [2.45, 2.75) is 50.2 Å². The third-order valence-electron chi connectivity index (χ3n) is 8.93. The number of piperidine rings is 1. The molecular weight excluding hydrogens is 566 g/mol. The minimum Gasteiger partial charge on any atom is -0.370 e. The molecule has 11 nitrogen and oxygen atoms in total. The quantitative estimate of drug-likeness (QED) is 0.214. The lowest BCUT2D eigenvalue weighted by molar-refractivity contribution is -0.144. The van der Waals surface area contributed by atoms with E-state index in [9.17, 15) is 19.2 Å². The van der Waals surface area contributed by atoms with Gasteiger partial charge in [-0.1, -0.05) is 30.3 Å². The number of aromatic nitrogens is 1. The van der Waals surface area contributed by atoms with E-state index in [0.29, 0.717) is 49.5 Å². The van der Waals surface area contributed by atoms with Gasteiger partial charge >= 0.3 is 0 Å². The van der Waals surface area contributed by atoms with Gasteiger partial charge in [0.15, 0.2) is 11.0 Å². The molecule has 43 heavy (non-hydrogen) atoms. The molecule has 12 heteroatoms. The number of carbonyl (C=O) groups is 4. The Bertz CT molecular complexity index is 1550. The average molecular weight is 602 g/mol. The molecule has 4 N–H and O–H groups in total. The van der Waals surface area contributed by atoms with Crippen molar-refractivity contribution in [2.24, 2.45) is 11.7 Å². The summed E-state index contributed by atoms with van der Waals surface area (Å²) in [4.78, 5) is 63.1. The van der Waals surface area contributed by atoms with Gasteiger partial charge in [-0.25, -0.2) is 4.98 Å². The highest BCUT2D eigenvalue weighted by Gasteiger charge is 2.46. The monoisotopic (exact) mass is 601 g/mol. The van der Waals surface area contributed by atoms with Gasteiger partial charge in [0.2, 0.25) is 17.6 Å². The molecule has 6 rings (SSSR count). The molecule has 0 bridgehead atoms. The number of likely N-dealkylation sites (tertiary alicyclic amines) is 1. The summed E-state index contributed by atoms with van der Waals surface area (Å²) in [6.45, 7) is 1.53. The topological polar surface area (TPSA) is 153 Å². The van der Waals surface area contributed by atoms with E-state index < -0.39 is 12.1 Å². The maximum atomic E-state index is 13.7. The van der Waals surface area contributed by atoms with Crippen molar-refractivity contribution >= 4 is 51.6 Å². The Hall–Kier alpha value is -4.32. The number of hydrogen-bond acceptors (Lipinski definition) is 7. The number of piperazine rings is 1. The zero-order chi connectivity index (χ0) is 30.1. The van der Waals surface area contributed by atoms with Crippen molar-refractivity contribution < 1.29 is 19.2 Å². The molecule has 2 unspecified atom stereocenters. The molecule has 3 amide bonds. The van der Waals surface area contributed by atoms with Crippen LogP contribution in [0.3, 0.4) is 0 Å². The first-order valence-corrected chi connectivity index (χ1v) is 15.6. The molecule has 0 aliphatic carbocycles. The van der Waals surface area contributed by atoms with Crippen LogP contribution in [0.4, 0.5) is 0 Å². The van der Waals surface area contributed by atoms with E-state index in [4.69, 9.17) is 11.1 Å². The number of rotatable bonds is 7. The van der Waals surface area contributed by atoms with E-state index >= 15 is 0 Å². The molecule has 2 aromatic carbocycles. The first kappa shape index (κ1) is 28.8. The van der Waals surface area contributed by atoms with E-state index in [1.165, 1.54) is 11.3 Å². The number of ketones is 1. The number of nitrogens with two attached hydrogens (primary N) is 1. The highest BCUT2D eigenvalue weighted by atomic mass is 32.1. The maximum Gasteiger partial charge on any atom is 0.254 e. The lowest BCUT2D eigenvalue weighted by Gasteiger charge is -2.39. The number of fused-ring (bicyclic) bond motifs is 2. The zero-order valence-electron chi connectivity index (χ0n) is 23.8. The minimum atomic E-state index is -0.766. The van der Waals surface area contributed by atoms with Crippen LogP contribution in [0, 0.1) is 11.3 Å². The summed E-state index contributed by atoms with van der Waals surface area (Å²) in [6.07, 6.45) is 4.60. The third kappa shape index (κ3) is 5.96. The summed E-state index contributed by atoms with van der Waals surface area (Å²) >= 11 is 1.24. The standard InChI is InChI=1S/C31H35N7O4S/c32-31(33)36-12-9-19(10-13-36)15-24(27(40)29-34-11-14-43-29)35-28(41)25-8-7-23-17-37(18-26(39)38(23)25)30(42)22-6-5-20-3-1-2-4-21(20)16-22/h1-6,11,14,16,19,23-25H,7-10,12-13,15,17-18H2,(H3,32,33)(H,35,41)/t23-,24?,25?/m0/s1. The van der Waals surface area contributed by atoms with Crippen molar-refractivity contribution in [3.63, 3.8) is 0 Å². The lowest BCUT2D eigenvalue weighted by atomic mass is 9.88. The number of nitrogens with zero attached hydrogens (tertiary/aromatic N) is 4. The fourth-order valence-corrected chi connectivity index (χ4v) is 7.29. The van der Waals surface area contributed by atoms with Crippen molar-refractivity contribution in [1.29, 1.82) is 5.41 Å². The van der Waals surface area contributed by atoms with Crippen molar-refractivity contribution in [3.8, 4) is 0 Å². The fourth-order valence-electron chi connectivity index (χ4n) is 6.66. The van der Waals surface area contributed by atoms with Crippen LogP contribution < -0.4 is 11.1 Å². The Morgan fingerprint density at radius 3 is 2.53 bits per heavy atom. The van der Waals surface area contributed by atoms with Crippen molar-refractivity contribution in [3.05, 3.63) is 64.6 Å². The van der Waals surface area contributed by atoms with E-state index in [2.05, 4.69) is 10.3 Å². The molecule has 3 aliphatic heterocycles. The van der Waals surface area contributed by atoms with Gasteiger partial charge in [-0.05, 0) is 60.9 Å². The molecule has 4 heterocycles. The molecule has 1 aromatic heterocycles. The SMILES string of the molecule is N=C(N)N1CCC(CC(NC(=O)C2CC[C@H]3CN(C(=O)c4ccc5ccccc5c4)CC(=O)N23)C(=O)c2nccs2)CC1. The summed E-state index contributed by atoms with van der Waals surface area (Å²) in [6, 6.07) is 11.6. The number of benzene rings is 2. The summed E-state index contributed by atoms with van der Waals surface area (Å²) in [7, 11) is 0. The molecule has 0 radical (unpaired) electrons. The Kier molecular flexibility index (Phi) is 8.11. The fraction of sp³-hybridized carbons (Fsp3) is 0.419. The Balaban J connectivity index is 1.12. The summed E-state index contributed by atoms with van der Waals surface area (Å²) in [5.74, 6) is -0.821. The molecule has 0 spiro atoms. The number of hydrogen-bond donors (Lipinski definition) is 3. The predicted molar refractivity (Wildman–Crippen MR) is 163 cm³/mol. The highest BCUT2D eigenvalue weighted by molar-refractivity contribution is 7.11. The van der Waals surface area contributed by atoms with E-state index in [-0.39, 0.29) is 48.0 Å². The number of nitrogens with one attached hydrogen (secondary N) is 2. The number of carbonyl (C=O) groups excluding carboxylic acids is 4. The van der Waals surface area contributed by atoms with Gasteiger partial charge in [-0.2, -0.15) is 0 Å². The second-order valence-electron chi connectivity index (χ2n) is 11.6. The van der Waals surface area contributed by atoms with Gasteiger partial charge < -0.3 is 25.8 Å². The molecular formula is C31H35N7O4S. The Morgan fingerprint density at radius 1 is 1.05 bits per heavy atom. The normalized spacial score (nSPS) is 21.5. The molecule has 0 saturated carbocycles. The number of guanidine groups is 1. The maximum absolute atomic E-state index is 13.7. The second-order valence-corrected chi connectivity index (χ2v) is 12.5. The minimum absolute atomic E-state index is 0.0432. The van der Waals surface area contributed by atoms with Gasteiger partial charge in [0.05, 0.1) is 12.1 Å². The smallest absolute Gasteiger partial charge is 0.254 e. The summed E-state index contributed by atoms with van der Waals surface area (Å²) in [5.41, 5.74) is 6.17. The van der Waals surface area contributed by atoms with Gasteiger partial charge in [0, 0.05) is 36.8 Å². The van der Waals surface area contributed by atoms with Crippen LogP contribution >= 0.6 is 11.3 Å². The van der Waals surface area contributed by atoms with Gasteiger partial charge in [-0.15, -0.1) is 11.3 Å². The molecule has 224 valence electrons. The predicted octanol–water partition coefficient (Wildman–Crippen LogP) is 2.47. The van der Waals surface area contributed by atoms with Gasteiger partial charge in [-0.3, -0.25) is 24.6 Å². The third-order valence-corrected chi connectivity index (χ3v) is 9.72. The van der Waals surface area contributed by atoms with Crippen LogP contribution in [-0.4, -0.2) is 93.5 Å². The molecule has 3 aliphatic rings. The van der Waals surface area contributed by atoms with E-state index in [1.807, 2.05) is 36.4 Å². The Labute approximate surface area is 253 Å². The lowest BCUT2D eigenvalue weighted by Crippen LogP contribution is -2.60. The average Bonchev–Trinajstić information content (AvgIpc) is 3.71. The Morgan fingerprint density at radius 2 is 1.81 bits per heavy atom. The van der Waals surface area contributed by atoms with Crippen molar-refractivity contribution in [2.75, 3.05) is 26.2 Å². The second kappa shape index (κ2) is 12.1. The largest absolute Gasteiger partial charge is 0.370 e. The van der Waals surface area contributed by atoms with E-state index in [1.54, 1.807) is 32.3 Å². The van der Waals surface area contributed by atoms with Crippen molar-refractivity contribution in [1.82, 2.24) is 25.0 Å². The van der Waals surface area contributed by atoms with Crippen LogP contribution in [0.1, 0.15) is 52.3 Å². The zero-order valence-corrected chi connectivity index (χ0v) is 24.6. The number of thiazole rings is 1. The molecule has 3 atom stereocenters. The van der Waals surface area contributed by atoms with Crippen LogP contribution in [0.25, 0.3) is 10.8 Å². The van der Waals surface area contributed by atoms with Gasteiger partial charge in [0.25, 0.3) is 5.91 Å². The van der Waals surface area contributed by atoms with Crippen LogP contribution in [0.5, 0.6) is 0 Å². The molecule has 3 fully saturated rings. The summed E-state index contributed by atoms with van der Waals surface area (Å²) < 4.78 is 0. The van der Waals surface area contributed by atoms with Crippen LogP contribution in [0.15, 0.2) is 54.0 Å². The van der Waals surface area contributed by atoms with Crippen LogP contribution in [0.2, 0.25) is 0 Å². The van der Waals surface area contributed by atoms with Gasteiger partial charge in [0.1, 0.15) is 12.6 Å². The highest BCUT2D eigenvalue weighted by Crippen LogP contribution is 2.30. The first-order chi connectivity index (χ1) is 20.8. The van der Waals surface area contributed by atoms with Crippen LogP contribution in [-0.2, 0) is 9.59 Å². The summed E-state index contributed by atoms with van der Waals surface area (Å²) in [5, 5.41) is 14.7.